The monoisotopic (exact) mass is 334 g/mol. The summed E-state index contributed by atoms with van der Waals surface area (Å²) in [6, 6.07) is 2.10. The minimum absolute atomic E-state index is 0.104. The van der Waals surface area contributed by atoms with Crippen molar-refractivity contribution in [2.45, 2.75) is 57.5 Å². The Morgan fingerprint density at radius 3 is 2.52 bits per heavy atom. The van der Waals surface area contributed by atoms with E-state index in [4.69, 9.17) is 4.74 Å². The minimum atomic E-state index is -3.44. The number of ether oxygens (including phenoxy) is 1. The molecule has 0 aliphatic carbocycles. The van der Waals surface area contributed by atoms with Crippen LogP contribution < -0.4 is 10.0 Å². The largest absolute Gasteiger partial charge is 0.377 e. The minimum Gasteiger partial charge on any atom is -0.377 e. The highest BCUT2D eigenvalue weighted by atomic mass is 32.2. The first-order valence-electron chi connectivity index (χ1n) is 7.16. The maximum atomic E-state index is 12.2. The van der Waals surface area contributed by atoms with Crippen molar-refractivity contribution in [1.82, 2.24) is 10.0 Å². The van der Waals surface area contributed by atoms with Gasteiger partial charge in [0, 0.05) is 24.0 Å². The summed E-state index contributed by atoms with van der Waals surface area (Å²) >= 11 is 1.32. The van der Waals surface area contributed by atoms with Crippen molar-refractivity contribution in [1.29, 1.82) is 0 Å². The van der Waals surface area contributed by atoms with Crippen LogP contribution in [0.1, 0.15) is 38.1 Å². The normalized spacial score (nSPS) is 12.5. The molecule has 0 aliphatic rings. The summed E-state index contributed by atoms with van der Waals surface area (Å²) in [7, 11) is -3.44. The van der Waals surface area contributed by atoms with E-state index in [1.165, 1.54) is 11.3 Å². The Morgan fingerprint density at radius 1 is 1.29 bits per heavy atom. The van der Waals surface area contributed by atoms with Gasteiger partial charge in [0.25, 0.3) is 0 Å². The van der Waals surface area contributed by atoms with Crippen molar-refractivity contribution >= 4 is 21.4 Å². The Kier molecular flexibility index (Phi) is 7.29. The average molecular weight is 335 g/mol. The fourth-order valence-corrected chi connectivity index (χ4v) is 4.23. The molecule has 0 saturated heterocycles. The molecule has 0 fully saturated rings. The van der Waals surface area contributed by atoms with E-state index in [0.29, 0.717) is 23.4 Å². The fourth-order valence-electron chi connectivity index (χ4n) is 1.64. The van der Waals surface area contributed by atoms with Crippen molar-refractivity contribution in [3.63, 3.8) is 0 Å². The molecule has 0 aliphatic heterocycles. The average Bonchev–Trinajstić information content (AvgIpc) is 2.74. The number of hydrogen-bond donors (Lipinski definition) is 2. The van der Waals surface area contributed by atoms with E-state index >= 15 is 0 Å². The second kappa shape index (κ2) is 8.24. The van der Waals surface area contributed by atoms with Crippen LogP contribution in [0, 0.1) is 6.92 Å². The van der Waals surface area contributed by atoms with Crippen molar-refractivity contribution in [2.24, 2.45) is 0 Å². The van der Waals surface area contributed by atoms with Gasteiger partial charge in [0.2, 0.25) is 10.0 Å². The van der Waals surface area contributed by atoms with Crippen LogP contribution in [0.25, 0.3) is 0 Å². The Bertz CT molecular complexity index is 536. The van der Waals surface area contributed by atoms with Crippen LogP contribution in [0.5, 0.6) is 0 Å². The summed E-state index contributed by atoms with van der Waals surface area (Å²) in [5.41, 5.74) is 1.01. The van der Waals surface area contributed by atoms with Gasteiger partial charge in [-0.15, -0.1) is 11.3 Å². The Hall–Kier alpha value is -0.470. The summed E-state index contributed by atoms with van der Waals surface area (Å²) in [5.74, 6) is 0. The van der Waals surface area contributed by atoms with E-state index in [2.05, 4.69) is 23.9 Å². The van der Waals surface area contributed by atoms with Gasteiger partial charge in [0.1, 0.15) is 4.21 Å². The molecule has 0 atom stereocenters. The number of aryl methyl sites for hydroxylation is 1. The van der Waals surface area contributed by atoms with Gasteiger partial charge in [0.05, 0.1) is 12.7 Å². The lowest BCUT2D eigenvalue weighted by molar-refractivity contribution is 0.0834. The van der Waals surface area contributed by atoms with Gasteiger partial charge in [-0.1, -0.05) is 13.8 Å². The second-order valence-electron chi connectivity index (χ2n) is 5.52. The van der Waals surface area contributed by atoms with Crippen LogP contribution in [-0.4, -0.2) is 33.7 Å². The molecule has 0 spiro atoms. The third-order valence-electron chi connectivity index (χ3n) is 2.78. The molecule has 122 valence electrons. The summed E-state index contributed by atoms with van der Waals surface area (Å²) in [5, 5.41) is 3.31. The highest BCUT2D eigenvalue weighted by Crippen LogP contribution is 2.25. The molecule has 21 heavy (non-hydrogen) atoms. The summed E-state index contributed by atoms with van der Waals surface area (Å²) in [4.78, 5) is 1.06. The summed E-state index contributed by atoms with van der Waals surface area (Å²) < 4.78 is 32.7. The lowest BCUT2D eigenvalue weighted by atomic mass is 10.3. The van der Waals surface area contributed by atoms with E-state index < -0.39 is 10.0 Å². The molecular formula is C14H26N2O3S2. The van der Waals surface area contributed by atoms with Gasteiger partial charge in [-0.25, -0.2) is 13.1 Å². The first kappa shape index (κ1) is 18.6. The number of hydrogen-bond acceptors (Lipinski definition) is 5. The molecule has 1 aromatic heterocycles. The molecule has 1 aromatic rings. The third kappa shape index (κ3) is 6.44. The Labute approximate surface area is 132 Å². The van der Waals surface area contributed by atoms with E-state index in [9.17, 15) is 8.42 Å². The van der Waals surface area contributed by atoms with E-state index in [1.54, 1.807) is 6.07 Å². The molecular weight excluding hydrogens is 308 g/mol. The van der Waals surface area contributed by atoms with E-state index in [-0.39, 0.29) is 12.6 Å². The number of rotatable bonds is 9. The fraction of sp³-hybridized carbons (Fsp3) is 0.714. The molecule has 0 unspecified atom stereocenters. The summed E-state index contributed by atoms with van der Waals surface area (Å²) in [6.07, 6.45) is 0.104. The van der Waals surface area contributed by atoms with E-state index in [1.807, 2.05) is 20.8 Å². The van der Waals surface area contributed by atoms with Crippen LogP contribution in [0.3, 0.4) is 0 Å². The molecule has 0 saturated carbocycles. The Morgan fingerprint density at radius 2 is 1.95 bits per heavy atom. The van der Waals surface area contributed by atoms with Crippen LogP contribution in [0.15, 0.2) is 10.3 Å². The van der Waals surface area contributed by atoms with Crippen molar-refractivity contribution < 1.29 is 13.2 Å². The van der Waals surface area contributed by atoms with Crippen molar-refractivity contribution in [2.75, 3.05) is 13.2 Å². The predicted molar refractivity (Wildman–Crippen MR) is 87.3 cm³/mol. The maximum absolute atomic E-state index is 12.2. The SMILES string of the molecule is Cc1cc(S(=O)(=O)NCCOC(C)C)sc1CNC(C)C. The molecule has 0 radical (unpaired) electrons. The van der Waals surface area contributed by atoms with Gasteiger partial charge in [-0.2, -0.15) is 0 Å². The van der Waals surface area contributed by atoms with Crippen molar-refractivity contribution in [3.8, 4) is 0 Å². The zero-order chi connectivity index (χ0) is 16.0. The van der Waals surface area contributed by atoms with Gasteiger partial charge in [-0.05, 0) is 32.4 Å². The molecule has 2 N–H and O–H groups in total. The Balaban J connectivity index is 2.64. The number of thiophene rings is 1. The van der Waals surface area contributed by atoms with Gasteiger partial charge < -0.3 is 10.1 Å². The predicted octanol–water partition coefficient (Wildman–Crippen LogP) is 2.26. The maximum Gasteiger partial charge on any atom is 0.250 e. The van der Waals surface area contributed by atoms with Gasteiger partial charge in [-0.3, -0.25) is 0 Å². The molecule has 5 nitrogen and oxygen atoms in total. The lowest BCUT2D eigenvalue weighted by Crippen LogP contribution is -2.27. The van der Waals surface area contributed by atoms with Crippen LogP contribution in [0.2, 0.25) is 0 Å². The van der Waals surface area contributed by atoms with Crippen molar-refractivity contribution in [3.05, 3.63) is 16.5 Å². The van der Waals surface area contributed by atoms with Crippen LogP contribution in [0.4, 0.5) is 0 Å². The summed E-state index contributed by atoms with van der Waals surface area (Å²) in [6.45, 7) is 11.3. The standard InChI is InChI=1S/C14H26N2O3S2/c1-10(2)15-9-13-12(5)8-14(20-13)21(17,18)16-6-7-19-11(3)4/h8,10-11,15-16H,6-7,9H2,1-5H3. The molecule has 1 rings (SSSR count). The quantitative estimate of drug-likeness (QED) is 0.680. The zero-order valence-corrected chi connectivity index (χ0v) is 15.0. The molecule has 7 heteroatoms. The molecule has 0 bridgehead atoms. The van der Waals surface area contributed by atoms with Gasteiger partial charge in [0.15, 0.2) is 0 Å². The molecule has 0 aromatic carbocycles. The smallest absolute Gasteiger partial charge is 0.250 e. The van der Waals surface area contributed by atoms with Crippen LogP contribution in [-0.2, 0) is 21.3 Å². The molecule has 0 amide bonds. The third-order valence-corrected chi connectivity index (χ3v) is 5.95. The molecule has 1 heterocycles. The topological polar surface area (TPSA) is 67.4 Å². The van der Waals surface area contributed by atoms with E-state index in [0.717, 1.165) is 10.4 Å². The number of nitrogens with one attached hydrogen (secondary N) is 2. The lowest BCUT2D eigenvalue weighted by Gasteiger charge is -2.08. The first-order chi connectivity index (χ1) is 9.72. The zero-order valence-electron chi connectivity index (χ0n) is 13.4. The van der Waals surface area contributed by atoms with Gasteiger partial charge >= 0.3 is 0 Å². The second-order valence-corrected chi connectivity index (χ2v) is 8.66. The first-order valence-corrected chi connectivity index (χ1v) is 9.46. The highest BCUT2D eigenvalue weighted by Gasteiger charge is 2.18. The number of sulfonamides is 1. The highest BCUT2D eigenvalue weighted by molar-refractivity contribution is 7.91. The van der Waals surface area contributed by atoms with Crippen LogP contribution >= 0.6 is 11.3 Å².